The second-order valence-electron chi connectivity index (χ2n) is 4.24. The Labute approximate surface area is 115 Å². The summed E-state index contributed by atoms with van der Waals surface area (Å²) in [5, 5.41) is 0. The van der Waals surface area contributed by atoms with Crippen LogP contribution in [0.25, 0.3) is 0 Å². The number of thiocarbonyl (C=S) groups is 1. The van der Waals surface area contributed by atoms with E-state index in [9.17, 15) is 13.2 Å². The SMILES string of the molecule is CCN(CC(C)C(N)=S)c1ccc(C(F)(F)F)cn1. The van der Waals surface area contributed by atoms with Crippen molar-refractivity contribution in [3.8, 4) is 0 Å². The highest BCUT2D eigenvalue weighted by Gasteiger charge is 2.30. The predicted octanol–water partition coefficient (Wildman–Crippen LogP) is 2.85. The number of aromatic nitrogens is 1. The van der Waals surface area contributed by atoms with Crippen LogP contribution in [0, 0.1) is 5.92 Å². The first-order valence-corrected chi connectivity index (χ1v) is 6.24. The summed E-state index contributed by atoms with van der Waals surface area (Å²) in [5.74, 6) is 0.456. The van der Waals surface area contributed by atoms with Gasteiger partial charge in [0.1, 0.15) is 5.82 Å². The van der Waals surface area contributed by atoms with E-state index in [0.717, 1.165) is 12.3 Å². The fraction of sp³-hybridized carbons (Fsp3) is 0.500. The standard InChI is InChI=1S/C12H16F3N3S/c1-3-18(7-8(2)11(16)19)10-5-4-9(6-17-10)12(13,14)15/h4-6,8H,3,7H2,1-2H3,(H2,16,19). The summed E-state index contributed by atoms with van der Waals surface area (Å²) in [6, 6.07) is 2.38. The average Bonchev–Trinajstić information content (AvgIpc) is 2.34. The molecule has 0 aromatic carbocycles. The number of nitrogens with zero attached hydrogens (tertiary/aromatic N) is 2. The molecular formula is C12H16F3N3S. The van der Waals surface area contributed by atoms with Crippen LogP contribution in [-0.2, 0) is 6.18 Å². The van der Waals surface area contributed by atoms with E-state index in [0.29, 0.717) is 23.9 Å². The molecule has 0 aliphatic rings. The fourth-order valence-electron chi connectivity index (χ4n) is 1.55. The van der Waals surface area contributed by atoms with Crippen LogP contribution in [-0.4, -0.2) is 23.1 Å². The molecule has 1 aromatic heterocycles. The smallest absolute Gasteiger partial charge is 0.393 e. The van der Waals surface area contributed by atoms with E-state index in [-0.39, 0.29) is 5.92 Å². The molecule has 0 bridgehead atoms. The molecule has 2 N–H and O–H groups in total. The Kier molecular flexibility index (Phi) is 5.11. The number of alkyl halides is 3. The van der Waals surface area contributed by atoms with Crippen LogP contribution >= 0.6 is 12.2 Å². The lowest BCUT2D eigenvalue weighted by Crippen LogP contribution is -2.34. The lowest BCUT2D eigenvalue weighted by molar-refractivity contribution is -0.137. The minimum atomic E-state index is -4.37. The van der Waals surface area contributed by atoms with Crippen LogP contribution < -0.4 is 10.6 Å². The maximum Gasteiger partial charge on any atom is 0.417 e. The summed E-state index contributed by atoms with van der Waals surface area (Å²) < 4.78 is 37.3. The number of halogens is 3. The van der Waals surface area contributed by atoms with Crippen molar-refractivity contribution < 1.29 is 13.2 Å². The van der Waals surface area contributed by atoms with Gasteiger partial charge in [0.25, 0.3) is 0 Å². The molecule has 1 aromatic rings. The van der Waals surface area contributed by atoms with Crippen molar-refractivity contribution in [2.45, 2.75) is 20.0 Å². The summed E-state index contributed by atoms with van der Waals surface area (Å²) in [4.78, 5) is 6.07. The first-order chi connectivity index (χ1) is 8.75. The van der Waals surface area contributed by atoms with Gasteiger partial charge in [0.15, 0.2) is 0 Å². The Morgan fingerprint density at radius 1 is 1.47 bits per heavy atom. The normalized spacial score (nSPS) is 13.1. The highest BCUT2D eigenvalue weighted by molar-refractivity contribution is 7.80. The molecule has 1 atom stereocenters. The number of nitrogens with two attached hydrogens (primary N) is 1. The number of hydrogen-bond donors (Lipinski definition) is 1. The molecule has 0 spiro atoms. The molecule has 0 amide bonds. The van der Waals surface area contributed by atoms with Gasteiger partial charge >= 0.3 is 6.18 Å². The van der Waals surface area contributed by atoms with Crippen LogP contribution in [0.2, 0.25) is 0 Å². The maximum absolute atomic E-state index is 12.4. The molecular weight excluding hydrogens is 275 g/mol. The van der Waals surface area contributed by atoms with E-state index in [4.69, 9.17) is 18.0 Å². The number of anilines is 1. The molecule has 7 heteroatoms. The second-order valence-corrected chi connectivity index (χ2v) is 4.72. The zero-order chi connectivity index (χ0) is 14.6. The summed E-state index contributed by atoms with van der Waals surface area (Å²) in [6.45, 7) is 4.91. The van der Waals surface area contributed by atoms with Gasteiger partial charge in [0, 0.05) is 25.2 Å². The van der Waals surface area contributed by atoms with Gasteiger partial charge in [-0.3, -0.25) is 0 Å². The molecule has 1 heterocycles. The molecule has 0 aliphatic heterocycles. The fourth-order valence-corrected chi connectivity index (χ4v) is 1.62. The Morgan fingerprint density at radius 2 is 2.11 bits per heavy atom. The molecule has 0 saturated heterocycles. The third kappa shape index (κ3) is 4.34. The Hall–Kier alpha value is -1.37. The van der Waals surface area contributed by atoms with Gasteiger partial charge < -0.3 is 10.6 Å². The largest absolute Gasteiger partial charge is 0.417 e. The summed E-state index contributed by atoms with van der Waals surface area (Å²) in [7, 11) is 0. The number of hydrogen-bond acceptors (Lipinski definition) is 3. The van der Waals surface area contributed by atoms with Crippen molar-refractivity contribution in [3.63, 3.8) is 0 Å². The number of rotatable bonds is 5. The van der Waals surface area contributed by atoms with Gasteiger partial charge in [-0.15, -0.1) is 0 Å². The monoisotopic (exact) mass is 291 g/mol. The van der Waals surface area contributed by atoms with Crippen molar-refractivity contribution in [2.24, 2.45) is 11.7 Å². The highest BCUT2D eigenvalue weighted by atomic mass is 32.1. The van der Waals surface area contributed by atoms with Crippen molar-refractivity contribution in [1.29, 1.82) is 0 Å². The van der Waals surface area contributed by atoms with Gasteiger partial charge in [0.2, 0.25) is 0 Å². The Bertz CT molecular complexity index is 431. The van der Waals surface area contributed by atoms with Crippen molar-refractivity contribution in [1.82, 2.24) is 4.98 Å². The Balaban J connectivity index is 2.85. The van der Waals surface area contributed by atoms with E-state index in [2.05, 4.69) is 4.98 Å². The van der Waals surface area contributed by atoms with Crippen LogP contribution in [0.15, 0.2) is 18.3 Å². The lowest BCUT2D eigenvalue weighted by Gasteiger charge is -2.25. The second kappa shape index (κ2) is 6.18. The minimum absolute atomic E-state index is 0.0287. The minimum Gasteiger partial charge on any atom is -0.393 e. The predicted molar refractivity (Wildman–Crippen MR) is 73.1 cm³/mol. The third-order valence-corrected chi connectivity index (χ3v) is 3.16. The number of pyridine rings is 1. The zero-order valence-electron chi connectivity index (χ0n) is 10.7. The first-order valence-electron chi connectivity index (χ1n) is 5.83. The first kappa shape index (κ1) is 15.7. The summed E-state index contributed by atoms with van der Waals surface area (Å²) in [5.41, 5.74) is 4.78. The molecule has 1 unspecified atom stereocenters. The van der Waals surface area contributed by atoms with Gasteiger partial charge in [-0.1, -0.05) is 19.1 Å². The molecule has 0 saturated carbocycles. The summed E-state index contributed by atoms with van der Waals surface area (Å²) >= 11 is 4.89. The molecule has 19 heavy (non-hydrogen) atoms. The van der Waals surface area contributed by atoms with Gasteiger partial charge in [0.05, 0.1) is 10.6 Å². The average molecular weight is 291 g/mol. The summed E-state index contributed by atoms with van der Waals surface area (Å²) in [6.07, 6.45) is -3.53. The van der Waals surface area contributed by atoms with Crippen LogP contribution in [0.5, 0.6) is 0 Å². The van der Waals surface area contributed by atoms with Gasteiger partial charge in [-0.2, -0.15) is 13.2 Å². The maximum atomic E-state index is 12.4. The molecule has 0 fully saturated rings. The van der Waals surface area contributed by atoms with Crippen molar-refractivity contribution in [2.75, 3.05) is 18.0 Å². The highest BCUT2D eigenvalue weighted by Crippen LogP contribution is 2.29. The molecule has 0 radical (unpaired) electrons. The van der Waals surface area contributed by atoms with Crippen LogP contribution in [0.1, 0.15) is 19.4 Å². The molecule has 3 nitrogen and oxygen atoms in total. The van der Waals surface area contributed by atoms with Gasteiger partial charge in [-0.05, 0) is 19.1 Å². The van der Waals surface area contributed by atoms with Crippen LogP contribution in [0.3, 0.4) is 0 Å². The van der Waals surface area contributed by atoms with E-state index in [1.54, 1.807) is 0 Å². The third-order valence-electron chi connectivity index (χ3n) is 2.76. The quantitative estimate of drug-likeness (QED) is 0.847. The van der Waals surface area contributed by atoms with E-state index in [1.807, 2.05) is 18.7 Å². The van der Waals surface area contributed by atoms with Gasteiger partial charge in [-0.25, -0.2) is 4.98 Å². The zero-order valence-corrected chi connectivity index (χ0v) is 11.6. The lowest BCUT2D eigenvalue weighted by atomic mass is 10.1. The molecule has 106 valence electrons. The van der Waals surface area contributed by atoms with Crippen molar-refractivity contribution in [3.05, 3.63) is 23.9 Å². The molecule has 1 rings (SSSR count). The van der Waals surface area contributed by atoms with Crippen molar-refractivity contribution >= 4 is 23.0 Å². The van der Waals surface area contributed by atoms with E-state index in [1.165, 1.54) is 6.07 Å². The van der Waals surface area contributed by atoms with Crippen LogP contribution in [0.4, 0.5) is 19.0 Å². The Morgan fingerprint density at radius 3 is 2.47 bits per heavy atom. The molecule has 0 aliphatic carbocycles. The topological polar surface area (TPSA) is 42.1 Å². The van der Waals surface area contributed by atoms with E-state index < -0.39 is 11.7 Å². The van der Waals surface area contributed by atoms with E-state index >= 15 is 0 Å².